The molecule has 3 aromatic heterocycles. The van der Waals surface area contributed by atoms with Crippen molar-refractivity contribution in [3.05, 3.63) is 35.8 Å². The fraction of sp³-hybridized carbons (Fsp3) is 0.455. The topological polar surface area (TPSA) is 131 Å². The van der Waals surface area contributed by atoms with Gasteiger partial charge in [0.05, 0.1) is 24.4 Å². The van der Waals surface area contributed by atoms with E-state index in [1.165, 1.54) is 0 Å². The monoisotopic (exact) mass is 619 g/mol. The Kier molecular flexibility index (Phi) is 7.68. The van der Waals surface area contributed by atoms with E-state index in [0.29, 0.717) is 11.0 Å². The lowest BCUT2D eigenvalue weighted by Crippen LogP contribution is -2.62. The summed E-state index contributed by atoms with van der Waals surface area (Å²) in [5.41, 5.74) is -2.18. The maximum absolute atomic E-state index is 14.7. The number of hydrogen-bond acceptors (Lipinski definition) is 8. The van der Waals surface area contributed by atoms with Gasteiger partial charge in [0.2, 0.25) is 5.88 Å². The number of ether oxygens (including phenoxy) is 1. The zero-order chi connectivity index (χ0) is 31.4. The Labute approximate surface area is 228 Å². The summed E-state index contributed by atoms with van der Waals surface area (Å²) in [4.78, 5) is 20.8. The zero-order valence-electron chi connectivity index (χ0n) is 20.9. The van der Waals surface area contributed by atoms with Crippen molar-refractivity contribution in [1.82, 2.24) is 29.8 Å². The number of rotatable bonds is 6. The molecular formula is C22H19F10N7O3. The Morgan fingerprint density at radius 1 is 1.10 bits per heavy atom. The summed E-state index contributed by atoms with van der Waals surface area (Å²) in [6.07, 6.45) is -17.4. The Balaban J connectivity index is 1.63. The van der Waals surface area contributed by atoms with Crippen molar-refractivity contribution < 1.29 is 58.5 Å². The van der Waals surface area contributed by atoms with E-state index in [9.17, 15) is 53.8 Å². The van der Waals surface area contributed by atoms with E-state index < -0.39 is 90.2 Å². The van der Waals surface area contributed by atoms with Crippen molar-refractivity contribution in [3.63, 3.8) is 0 Å². The number of aromatic nitrogens is 4. The van der Waals surface area contributed by atoms with Crippen molar-refractivity contribution >= 4 is 17.2 Å². The number of alkyl halides is 10. The van der Waals surface area contributed by atoms with E-state index >= 15 is 0 Å². The van der Waals surface area contributed by atoms with E-state index in [4.69, 9.17) is 10.5 Å². The largest absolute Gasteiger partial charge is 0.480 e. The summed E-state index contributed by atoms with van der Waals surface area (Å²) in [5, 5.41) is 15.3. The Morgan fingerprint density at radius 2 is 1.74 bits per heavy atom. The zero-order valence-corrected chi connectivity index (χ0v) is 20.9. The molecule has 42 heavy (non-hydrogen) atoms. The maximum atomic E-state index is 14.7. The summed E-state index contributed by atoms with van der Waals surface area (Å²) >= 11 is 0. The van der Waals surface area contributed by atoms with Gasteiger partial charge in [0, 0.05) is 31.4 Å². The number of anilines is 1. The molecule has 1 fully saturated rings. The number of methoxy groups -OCH3 is 1. The number of nitrogen functional groups attached to an aromatic ring is 1. The van der Waals surface area contributed by atoms with Crippen LogP contribution in [0.1, 0.15) is 15.9 Å². The molecule has 1 saturated heterocycles. The van der Waals surface area contributed by atoms with Crippen molar-refractivity contribution in [1.29, 1.82) is 0 Å². The van der Waals surface area contributed by atoms with Gasteiger partial charge in [0.1, 0.15) is 23.6 Å². The van der Waals surface area contributed by atoms with Gasteiger partial charge < -0.3 is 20.9 Å². The van der Waals surface area contributed by atoms with Crippen LogP contribution in [0.5, 0.6) is 5.88 Å². The molecule has 4 heterocycles. The van der Waals surface area contributed by atoms with Gasteiger partial charge in [-0.3, -0.25) is 9.69 Å². The summed E-state index contributed by atoms with van der Waals surface area (Å²) in [5.74, 6) is -2.06. The number of pyridine rings is 1. The summed E-state index contributed by atoms with van der Waals surface area (Å²) < 4.78 is 140. The highest BCUT2D eigenvalue weighted by atomic mass is 19.4. The molecule has 4 rings (SSSR count). The fourth-order valence-corrected chi connectivity index (χ4v) is 4.42. The molecular weight excluding hydrogens is 600 g/mol. The Morgan fingerprint density at radius 3 is 2.31 bits per heavy atom. The molecule has 0 aromatic carbocycles. The molecule has 10 nitrogen and oxygen atoms in total. The predicted molar refractivity (Wildman–Crippen MR) is 122 cm³/mol. The van der Waals surface area contributed by atoms with E-state index in [1.54, 1.807) is 0 Å². The van der Waals surface area contributed by atoms with Crippen molar-refractivity contribution in [2.45, 2.75) is 36.3 Å². The molecule has 0 radical (unpaired) electrons. The van der Waals surface area contributed by atoms with Crippen LogP contribution >= 0.6 is 0 Å². The molecule has 0 aliphatic carbocycles. The van der Waals surface area contributed by atoms with E-state index in [0.717, 1.165) is 30.2 Å². The van der Waals surface area contributed by atoms with Crippen LogP contribution in [-0.2, 0) is 6.18 Å². The molecule has 0 spiro atoms. The molecule has 1 amide bonds. The highest BCUT2D eigenvalue weighted by Crippen LogP contribution is 2.44. The van der Waals surface area contributed by atoms with Crippen LogP contribution in [0.25, 0.3) is 16.8 Å². The number of carbonyl (C=O) groups is 1. The number of β-amino-alcohol motifs (C(OH)–C–C–N with tert-alkyl or cyclic N) is 1. The number of halogens is 10. The average molecular weight is 619 g/mol. The van der Waals surface area contributed by atoms with Crippen LogP contribution in [0.4, 0.5) is 49.7 Å². The average Bonchev–Trinajstić information content (AvgIpc) is 3.43. The Hall–Kier alpha value is -3.94. The third-order valence-electron chi connectivity index (χ3n) is 6.50. The van der Waals surface area contributed by atoms with Gasteiger partial charge in [-0.05, 0) is 12.1 Å². The third kappa shape index (κ3) is 5.46. The maximum Gasteiger partial charge on any atom is 0.427 e. The fourth-order valence-electron chi connectivity index (χ4n) is 4.42. The van der Waals surface area contributed by atoms with Crippen molar-refractivity contribution in [2.24, 2.45) is 0 Å². The van der Waals surface area contributed by atoms with E-state index in [-0.39, 0.29) is 11.3 Å². The molecule has 3 aromatic rings. The van der Waals surface area contributed by atoms with Gasteiger partial charge in [-0.2, -0.15) is 44.6 Å². The van der Waals surface area contributed by atoms with Gasteiger partial charge in [0.25, 0.3) is 11.5 Å². The Bertz CT molecular complexity index is 1470. The number of nitrogens with two attached hydrogens (primary N) is 1. The number of amides is 1. The number of nitrogens with zero attached hydrogens (tertiary/aromatic N) is 5. The second-order valence-electron chi connectivity index (χ2n) is 9.27. The van der Waals surface area contributed by atoms with Crippen LogP contribution in [0.2, 0.25) is 0 Å². The molecule has 4 N–H and O–H groups in total. The van der Waals surface area contributed by atoms with Crippen LogP contribution < -0.4 is 15.8 Å². The summed E-state index contributed by atoms with van der Waals surface area (Å²) in [7, 11) is 1.07. The van der Waals surface area contributed by atoms with Crippen molar-refractivity contribution in [2.75, 3.05) is 32.5 Å². The molecule has 1 aliphatic rings. The van der Waals surface area contributed by atoms with E-state index in [1.807, 2.05) is 0 Å². The smallest absolute Gasteiger partial charge is 0.427 e. The minimum atomic E-state index is -6.14. The highest BCUT2D eigenvalue weighted by Gasteiger charge is 2.71. The highest BCUT2D eigenvalue weighted by molar-refractivity contribution is 5.98. The SMILES string of the molecule is COc1ncc(-c2cc(C(F)(F)F)c3c(N)ncnn23)cc1C(=O)N[C@@H]1CN(CC(O)(C(F)(F)F)C(F)(F)F)C[C@@H]1F. The summed E-state index contributed by atoms with van der Waals surface area (Å²) in [6.45, 7) is -3.90. The second kappa shape index (κ2) is 10.4. The number of nitrogens with one attached hydrogen (secondary N) is 1. The van der Waals surface area contributed by atoms with Crippen LogP contribution in [0, 0.1) is 0 Å². The molecule has 0 bridgehead atoms. The first-order valence-electron chi connectivity index (χ1n) is 11.6. The summed E-state index contributed by atoms with van der Waals surface area (Å²) in [6, 6.07) is 0.0310. The number of carbonyl (C=O) groups excluding carboxylic acids is 1. The van der Waals surface area contributed by atoms with Gasteiger partial charge >= 0.3 is 18.5 Å². The molecule has 0 unspecified atom stereocenters. The third-order valence-corrected chi connectivity index (χ3v) is 6.50. The molecule has 20 heteroatoms. The normalized spacial score (nSPS) is 19.0. The minimum Gasteiger partial charge on any atom is -0.480 e. The molecule has 1 aliphatic heterocycles. The standard InChI is InChI=1S/C22H19F10N7O3/c1-42-18-10(2-9(4-34-18)14-3-11(20(24,25)26)15-16(33)35-8-36-39(14)15)17(40)37-13-6-38(5-12(13)23)7-19(41,21(27,28)29)22(30,31)32/h2-4,8,12-13,41H,5-7H2,1H3,(H,37,40)(H2,33,35,36)/t12-,13+/m0/s1. The first-order valence-corrected chi connectivity index (χ1v) is 11.6. The van der Waals surface area contributed by atoms with Crippen molar-refractivity contribution in [3.8, 4) is 17.1 Å². The quantitative estimate of drug-likeness (QED) is 0.359. The molecule has 230 valence electrons. The number of aliphatic hydroxyl groups is 1. The lowest BCUT2D eigenvalue weighted by atomic mass is 10.0. The van der Waals surface area contributed by atoms with Gasteiger partial charge in [-0.25, -0.2) is 18.9 Å². The van der Waals surface area contributed by atoms with Gasteiger partial charge in [0.15, 0.2) is 5.82 Å². The van der Waals surface area contributed by atoms with Crippen LogP contribution in [0.15, 0.2) is 24.7 Å². The first-order chi connectivity index (χ1) is 19.3. The van der Waals surface area contributed by atoms with Gasteiger partial charge in [-0.15, -0.1) is 0 Å². The first kappa shape index (κ1) is 31.0. The van der Waals surface area contributed by atoms with Crippen LogP contribution in [0.3, 0.4) is 0 Å². The number of fused-ring (bicyclic) bond motifs is 1. The minimum absolute atomic E-state index is 0.130. The lowest BCUT2D eigenvalue weighted by molar-refractivity contribution is -0.370. The lowest BCUT2D eigenvalue weighted by Gasteiger charge is -2.35. The predicted octanol–water partition coefficient (Wildman–Crippen LogP) is 3.01. The number of likely N-dealkylation sites (tertiary alicyclic amines) is 1. The van der Waals surface area contributed by atoms with E-state index in [2.05, 4.69) is 20.4 Å². The van der Waals surface area contributed by atoms with Crippen LogP contribution in [-0.4, -0.2) is 92.4 Å². The molecule has 2 atom stereocenters. The van der Waals surface area contributed by atoms with Gasteiger partial charge in [-0.1, -0.05) is 0 Å². The molecule has 0 saturated carbocycles. The second-order valence-corrected chi connectivity index (χ2v) is 9.27. The number of hydrogen-bond donors (Lipinski definition) is 3.